The Morgan fingerprint density at radius 1 is 1.18 bits per heavy atom. The van der Waals surface area contributed by atoms with Gasteiger partial charge in [-0.2, -0.15) is 13.2 Å². The Morgan fingerprint density at radius 2 is 1.88 bits per heavy atom. The van der Waals surface area contributed by atoms with Crippen LogP contribution in [0.3, 0.4) is 0 Å². The molecule has 0 saturated carbocycles. The predicted octanol–water partition coefficient (Wildman–Crippen LogP) is 2.33. The summed E-state index contributed by atoms with van der Waals surface area (Å²) in [7, 11) is 0. The van der Waals surface area contributed by atoms with Crippen LogP contribution in [0.4, 0.5) is 13.2 Å². The lowest BCUT2D eigenvalue weighted by Gasteiger charge is -2.18. The second kappa shape index (κ2) is 4.44. The summed E-state index contributed by atoms with van der Waals surface area (Å²) in [6.45, 7) is 0.377. The van der Waals surface area contributed by atoms with E-state index in [1.54, 1.807) is 0 Å². The van der Waals surface area contributed by atoms with Gasteiger partial charge >= 0.3 is 6.18 Å². The maximum atomic E-state index is 13.0. The Kier molecular flexibility index (Phi) is 3.15. The van der Waals surface area contributed by atoms with Crippen molar-refractivity contribution in [3.8, 4) is 11.5 Å². The zero-order valence-corrected chi connectivity index (χ0v) is 9.01. The van der Waals surface area contributed by atoms with E-state index in [-0.39, 0.29) is 30.2 Å². The molecule has 17 heavy (non-hydrogen) atoms. The summed E-state index contributed by atoms with van der Waals surface area (Å²) in [5, 5.41) is 0. The summed E-state index contributed by atoms with van der Waals surface area (Å²) >= 11 is 0. The van der Waals surface area contributed by atoms with Crippen LogP contribution in [0.2, 0.25) is 0 Å². The third kappa shape index (κ3) is 2.31. The maximum absolute atomic E-state index is 13.0. The number of fused-ring (bicyclic) bond motifs is 1. The van der Waals surface area contributed by atoms with Gasteiger partial charge in [-0.25, -0.2) is 0 Å². The van der Waals surface area contributed by atoms with Crippen molar-refractivity contribution in [3.63, 3.8) is 0 Å². The van der Waals surface area contributed by atoms with Crippen LogP contribution >= 0.6 is 0 Å². The molecule has 1 aromatic carbocycles. The number of benzene rings is 1. The lowest BCUT2D eigenvalue weighted by atomic mass is 10.1. The minimum atomic E-state index is -4.49. The van der Waals surface area contributed by atoms with Crippen molar-refractivity contribution in [1.82, 2.24) is 0 Å². The van der Waals surface area contributed by atoms with E-state index in [4.69, 9.17) is 15.2 Å². The lowest BCUT2D eigenvalue weighted by molar-refractivity contribution is -0.139. The van der Waals surface area contributed by atoms with Gasteiger partial charge < -0.3 is 15.2 Å². The molecule has 0 bridgehead atoms. The summed E-state index contributed by atoms with van der Waals surface area (Å²) in [6, 6.07) is 2.80. The molecule has 0 saturated heterocycles. The van der Waals surface area contributed by atoms with Gasteiger partial charge in [0.1, 0.15) is 5.56 Å². The molecule has 0 spiro atoms. The highest BCUT2D eigenvalue weighted by Crippen LogP contribution is 2.44. The van der Waals surface area contributed by atoms with Crippen LogP contribution in [-0.4, -0.2) is 13.2 Å². The van der Waals surface area contributed by atoms with E-state index >= 15 is 0 Å². The number of hydrogen-bond acceptors (Lipinski definition) is 3. The first-order chi connectivity index (χ1) is 8.04. The first-order valence-corrected chi connectivity index (χ1v) is 5.23. The average Bonchev–Trinajstić information content (AvgIpc) is 2.50. The van der Waals surface area contributed by atoms with Crippen LogP contribution in [0.5, 0.6) is 11.5 Å². The molecule has 0 aliphatic carbocycles. The Balaban J connectivity index is 2.59. The van der Waals surface area contributed by atoms with Gasteiger partial charge in [-0.15, -0.1) is 0 Å². The summed E-state index contributed by atoms with van der Waals surface area (Å²) < 4.78 is 49.3. The predicted molar refractivity (Wildman–Crippen MR) is 54.9 cm³/mol. The molecule has 0 fully saturated rings. The largest absolute Gasteiger partial charge is 0.490 e. The van der Waals surface area contributed by atoms with E-state index in [2.05, 4.69) is 0 Å². The molecule has 1 aromatic rings. The second-order valence-corrected chi connectivity index (χ2v) is 3.68. The highest BCUT2D eigenvalue weighted by Gasteiger charge is 2.38. The molecule has 3 nitrogen and oxygen atoms in total. The Bertz CT molecular complexity index is 418. The molecule has 1 aliphatic heterocycles. The molecule has 0 atom stereocenters. The van der Waals surface area contributed by atoms with Gasteiger partial charge in [0.05, 0.1) is 13.2 Å². The standard InChI is InChI=1S/C11H12F3NO2/c12-11(13,14)9-7(6-15)2-3-8-10(9)17-5-1-4-16-8/h2-3H,1,4-6,15H2. The Labute approximate surface area is 96.3 Å². The number of halogens is 3. The first kappa shape index (κ1) is 12.0. The highest BCUT2D eigenvalue weighted by molar-refractivity contribution is 5.52. The minimum absolute atomic E-state index is 0.0155. The smallest absolute Gasteiger partial charge is 0.420 e. The number of ether oxygens (including phenoxy) is 2. The van der Waals surface area contributed by atoms with Crippen molar-refractivity contribution in [2.75, 3.05) is 13.2 Å². The molecule has 2 rings (SSSR count). The van der Waals surface area contributed by atoms with Crippen molar-refractivity contribution in [3.05, 3.63) is 23.3 Å². The van der Waals surface area contributed by atoms with E-state index in [0.717, 1.165) is 0 Å². The van der Waals surface area contributed by atoms with Gasteiger partial charge in [0.15, 0.2) is 11.5 Å². The molecule has 6 heteroatoms. The quantitative estimate of drug-likeness (QED) is 0.828. The van der Waals surface area contributed by atoms with Crippen molar-refractivity contribution in [2.45, 2.75) is 19.1 Å². The summed E-state index contributed by atoms with van der Waals surface area (Å²) in [6.07, 6.45) is -3.93. The van der Waals surface area contributed by atoms with E-state index < -0.39 is 11.7 Å². The minimum Gasteiger partial charge on any atom is -0.490 e. The van der Waals surface area contributed by atoms with Gasteiger partial charge in [-0.05, 0) is 11.6 Å². The van der Waals surface area contributed by atoms with Gasteiger partial charge in [0.2, 0.25) is 0 Å². The van der Waals surface area contributed by atoms with Crippen molar-refractivity contribution in [2.24, 2.45) is 5.73 Å². The van der Waals surface area contributed by atoms with Crippen LogP contribution in [0, 0.1) is 0 Å². The Hall–Kier alpha value is -1.43. The normalized spacial score (nSPS) is 15.5. The van der Waals surface area contributed by atoms with Crippen molar-refractivity contribution >= 4 is 0 Å². The molecule has 0 unspecified atom stereocenters. The summed E-state index contributed by atoms with van der Waals surface area (Å²) in [5.74, 6) is -0.107. The van der Waals surface area contributed by atoms with Gasteiger partial charge in [-0.3, -0.25) is 0 Å². The zero-order chi connectivity index (χ0) is 12.5. The van der Waals surface area contributed by atoms with Crippen LogP contribution in [0.15, 0.2) is 12.1 Å². The molecular formula is C11H12F3NO2. The molecule has 94 valence electrons. The number of alkyl halides is 3. The highest BCUT2D eigenvalue weighted by atomic mass is 19.4. The molecule has 0 radical (unpaired) electrons. The van der Waals surface area contributed by atoms with Crippen LogP contribution in [-0.2, 0) is 12.7 Å². The third-order valence-corrected chi connectivity index (χ3v) is 2.50. The fraction of sp³-hybridized carbons (Fsp3) is 0.455. The monoisotopic (exact) mass is 247 g/mol. The van der Waals surface area contributed by atoms with Crippen LogP contribution in [0.25, 0.3) is 0 Å². The van der Waals surface area contributed by atoms with E-state index in [9.17, 15) is 13.2 Å². The van der Waals surface area contributed by atoms with Crippen LogP contribution < -0.4 is 15.2 Å². The third-order valence-electron chi connectivity index (χ3n) is 2.50. The van der Waals surface area contributed by atoms with Crippen LogP contribution in [0.1, 0.15) is 17.5 Å². The van der Waals surface area contributed by atoms with Gasteiger partial charge in [0, 0.05) is 13.0 Å². The fourth-order valence-corrected chi connectivity index (χ4v) is 1.76. The number of rotatable bonds is 1. The molecule has 0 amide bonds. The van der Waals surface area contributed by atoms with E-state index in [1.807, 2.05) is 0 Å². The van der Waals surface area contributed by atoms with E-state index in [1.165, 1.54) is 12.1 Å². The van der Waals surface area contributed by atoms with Gasteiger partial charge in [-0.1, -0.05) is 6.07 Å². The number of nitrogens with two attached hydrogens (primary N) is 1. The molecule has 1 heterocycles. The molecule has 2 N–H and O–H groups in total. The fourth-order valence-electron chi connectivity index (χ4n) is 1.76. The average molecular weight is 247 g/mol. The first-order valence-electron chi connectivity index (χ1n) is 5.23. The van der Waals surface area contributed by atoms with Crippen molar-refractivity contribution < 1.29 is 22.6 Å². The maximum Gasteiger partial charge on any atom is 0.420 e. The molecular weight excluding hydrogens is 235 g/mol. The number of hydrogen-bond donors (Lipinski definition) is 1. The topological polar surface area (TPSA) is 44.5 Å². The van der Waals surface area contributed by atoms with Crippen molar-refractivity contribution in [1.29, 1.82) is 0 Å². The van der Waals surface area contributed by atoms with Gasteiger partial charge in [0.25, 0.3) is 0 Å². The zero-order valence-electron chi connectivity index (χ0n) is 9.01. The molecule has 1 aliphatic rings. The summed E-state index contributed by atoms with van der Waals surface area (Å²) in [5.41, 5.74) is 4.52. The van der Waals surface area contributed by atoms with E-state index in [0.29, 0.717) is 13.0 Å². The summed E-state index contributed by atoms with van der Waals surface area (Å²) in [4.78, 5) is 0. The SMILES string of the molecule is NCc1ccc2c(c1C(F)(F)F)OCCCO2. The molecule has 0 aromatic heterocycles. The second-order valence-electron chi connectivity index (χ2n) is 3.68. The lowest BCUT2D eigenvalue weighted by Crippen LogP contribution is -2.14. The Morgan fingerprint density at radius 3 is 2.53 bits per heavy atom.